The molecule has 20 nitrogen and oxygen atoms in total. The van der Waals surface area contributed by atoms with Crippen molar-refractivity contribution >= 4 is 44.4 Å². The first-order valence-electron chi connectivity index (χ1n) is 12.3. The number of aromatic amines is 2. The topological polar surface area (TPSA) is 296 Å². The summed E-state index contributed by atoms with van der Waals surface area (Å²) in [5, 5.41) is 20.4. The van der Waals surface area contributed by atoms with Gasteiger partial charge in [0.1, 0.15) is 12.5 Å². The third-order valence-electron chi connectivity index (χ3n) is 6.92. The molecule has 2 fully saturated rings. The molecule has 21 heteroatoms. The van der Waals surface area contributed by atoms with Gasteiger partial charge in [-0.25, -0.2) is 9.97 Å². The molecular weight excluding hydrogens is 568 g/mol. The first kappa shape index (κ1) is 27.2. The molecule has 2 aliphatic rings. The summed E-state index contributed by atoms with van der Waals surface area (Å²) in [6.45, 7) is -0.798. The Morgan fingerprint density at radius 3 is 2.05 bits per heavy atom. The fourth-order valence-corrected chi connectivity index (χ4v) is 6.12. The SMILES string of the molecule is Nc1nc2c(ncn2C2CC(O)C(CNS(=O)(=O)NC3CC(n4cnc5c(=O)[nH]c(N)nc54)OC3CO)O2)c(=O)[nH]1. The van der Waals surface area contributed by atoms with Crippen LogP contribution in [0.15, 0.2) is 22.2 Å². The second-order valence-corrected chi connectivity index (χ2v) is 11.1. The minimum absolute atomic E-state index is 0.0252. The number of hydrogen-bond donors (Lipinski definition) is 8. The highest BCUT2D eigenvalue weighted by Gasteiger charge is 2.40. The van der Waals surface area contributed by atoms with E-state index >= 15 is 0 Å². The monoisotopic (exact) mass is 594 g/mol. The maximum Gasteiger partial charge on any atom is 0.280 e. The number of aromatic nitrogens is 8. The number of imidazole rings is 2. The summed E-state index contributed by atoms with van der Waals surface area (Å²) >= 11 is 0. The number of hydrogen-bond acceptors (Lipinski definition) is 14. The van der Waals surface area contributed by atoms with E-state index in [4.69, 9.17) is 20.9 Å². The average molecular weight is 595 g/mol. The molecule has 0 spiro atoms. The highest BCUT2D eigenvalue weighted by atomic mass is 32.2. The molecule has 41 heavy (non-hydrogen) atoms. The highest BCUT2D eigenvalue weighted by molar-refractivity contribution is 7.87. The molecule has 0 radical (unpaired) electrons. The smallest absolute Gasteiger partial charge is 0.280 e. The molecule has 0 amide bonds. The lowest BCUT2D eigenvalue weighted by atomic mass is 10.1. The van der Waals surface area contributed by atoms with Gasteiger partial charge in [0.05, 0.1) is 43.6 Å². The number of nitrogen functional groups attached to an aromatic ring is 2. The van der Waals surface area contributed by atoms with Crippen molar-refractivity contribution in [3.05, 3.63) is 33.4 Å². The van der Waals surface area contributed by atoms with E-state index in [1.807, 2.05) is 0 Å². The Balaban J connectivity index is 1.11. The van der Waals surface area contributed by atoms with E-state index in [1.165, 1.54) is 21.8 Å². The second-order valence-electron chi connectivity index (χ2n) is 9.61. The summed E-state index contributed by atoms with van der Waals surface area (Å²) in [5.41, 5.74) is 10.6. The zero-order valence-corrected chi connectivity index (χ0v) is 21.9. The lowest BCUT2D eigenvalue weighted by Gasteiger charge is -2.20. The Bertz CT molecular complexity index is 1830. The Labute approximate surface area is 228 Å². The van der Waals surface area contributed by atoms with Crippen LogP contribution in [0.2, 0.25) is 0 Å². The third kappa shape index (κ3) is 5.03. The zero-order valence-electron chi connectivity index (χ0n) is 21.0. The Morgan fingerprint density at radius 1 is 0.951 bits per heavy atom. The molecule has 6 rings (SSSR count). The van der Waals surface area contributed by atoms with Gasteiger partial charge in [0, 0.05) is 19.4 Å². The molecule has 10 N–H and O–H groups in total. The maximum atomic E-state index is 12.9. The molecule has 0 bridgehead atoms. The predicted octanol–water partition coefficient (Wildman–Crippen LogP) is -3.86. The highest BCUT2D eigenvalue weighted by Crippen LogP contribution is 2.32. The number of nitrogens with two attached hydrogens (primary N) is 2. The van der Waals surface area contributed by atoms with Crippen LogP contribution in [0.3, 0.4) is 0 Å². The van der Waals surface area contributed by atoms with E-state index in [0.717, 1.165) is 0 Å². The Hall–Kier alpha value is -3.99. The summed E-state index contributed by atoms with van der Waals surface area (Å²) < 4.78 is 45.1. The molecule has 6 unspecified atom stereocenters. The normalized spacial score (nSPS) is 26.9. The van der Waals surface area contributed by atoms with Crippen LogP contribution < -0.4 is 32.0 Å². The van der Waals surface area contributed by atoms with E-state index in [1.54, 1.807) is 0 Å². The average Bonchev–Trinajstić information content (AvgIpc) is 3.67. The van der Waals surface area contributed by atoms with Gasteiger partial charge < -0.3 is 31.2 Å². The number of nitrogens with zero attached hydrogens (tertiary/aromatic N) is 6. The Morgan fingerprint density at radius 2 is 1.49 bits per heavy atom. The number of ether oxygens (including phenoxy) is 2. The van der Waals surface area contributed by atoms with Crippen molar-refractivity contribution in [3.63, 3.8) is 0 Å². The minimum Gasteiger partial charge on any atom is -0.394 e. The fourth-order valence-electron chi connectivity index (χ4n) is 5.00. The van der Waals surface area contributed by atoms with Crippen LogP contribution in [0, 0.1) is 0 Å². The van der Waals surface area contributed by atoms with Crippen LogP contribution >= 0.6 is 0 Å². The van der Waals surface area contributed by atoms with Crippen LogP contribution in [-0.4, -0.2) is 95.2 Å². The number of rotatable bonds is 8. The van der Waals surface area contributed by atoms with E-state index in [2.05, 4.69) is 39.3 Å². The van der Waals surface area contributed by atoms with Gasteiger partial charge in [0.2, 0.25) is 11.9 Å². The van der Waals surface area contributed by atoms with E-state index in [-0.39, 0.29) is 53.6 Å². The van der Waals surface area contributed by atoms with Gasteiger partial charge in [-0.05, 0) is 0 Å². The van der Waals surface area contributed by atoms with Crippen LogP contribution in [0.25, 0.3) is 22.3 Å². The zero-order chi connectivity index (χ0) is 29.1. The largest absolute Gasteiger partial charge is 0.394 e. The molecule has 0 aromatic carbocycles. The van der Waals surface area contributed by atoms with Crippen LogP contribution in [0.4, 0.5) is 11.9 Å². The molecule has 6 heterocycles. The van der Waals surface area contributed by atoms with Crippen molar-refractivity contribution in [1.82, 2.24) is 48.5 Å². The van der Waals surface area contributed by atoms with Gasteiger partial charge in [-0.1, -0.05) is 0 Å². The van der Waals surface area contributed by atoms with Crippen molar-refractivity contribution in [3.8, 4) is 0 Å². The van der Waals surface area contributed by atoms with Crippen molar-refractivity contribution < 1.29 is 28.1 Å². The van der Waals surface area contributed by atoms with Gasteiger partial charge >= 0.3 is 0 Å². The van der Waals surface area contributed by atoms with Crippen molar-refractivity contribution in [2.24, 2.45) is 0 Å². The molecule has 0 saturated carbocycles. The maximum absolute atomic E-state index is 12.9. The number of aliphatic hydroxyl groups excluding tert-OH is 2. The first-order valence-corrected chi connectivity index (χ1v) is 13.8. The fraction of sp³-hybridized carbons (Fsp3) is 0.500. The molecule has 4 aromatic rings. The molecule has 2 aliphatic heterocycles. The molecule has 2 saturated heterocycles. The number of H-pyrrole nitrogens is 2. The summed E-state index contributed by atoms with van der Waals surface area (Å²) in [7, 11) is -4.18. The van der Waals surface area contributed by atoms with E-state index in [9.17, 15) is 28.2 Å². The Kier molecular flexibility index (Phi) is 6.72. The van der Waals surface area contributed by atoms with Crippen molar-refractivity contribution in [1.29, 1.82) is 0 Å². The van der Waals surface area contributed by atoms with E-state index < -0.39 is 64.7 Å². The van der Waals surface area contributed by atoms with Crippen molar-refractivity contribution in [2.45, 2.75) is 49.7 Å². The summed E-state index contributed by atoms with van der Waals surface area (Å²) in [6, 6.07) is -0.867. The molecule has 6 atom stereocenters. The lowest BCUT2D eigenvalue weighted by Crippen LogP contribution is -2.49. The second kappa shape index (κ2) is 10.1. The van der Waals surface area contributed by atoms with Crippen LogP contribution in [-0.2, 0) is 19.7 Å². The molecule has 4 aromatic heterocycles. The lowest BCUT2D eigenvalue weighted by molar-refractivity contribution is -0.0242. The van der Waals surface area contributed by atoms with Crippen LogP contribution in [0.5, 0.6) is 0 Å². The summed E-state index contributed by atoms with van der Waals surface area (Å²) in [4.78, 5) is 45.0. The summed E-state index contributed by atoms with van der Waals surface area (Å²) in [6.07, 6.45) is -1.73. The first-order chi connectivity index (χ1) is 19.5. The third-order valence-corrected chi connectivity index (χ3v) is 8.08. The quantitative estimate of drug-likeness (QED) is 0.0968. The van der Waals surface area contributed by atoms with Gasteiger partial charge in [0.15, 0.2) is 22.3 Å². The van der Waals surface area contributed by atoms with Gasteiger partial charge in [0.25, 0.3) is 21.3 Å². The molecular formula is C20H26N12O8S. The molecule has 220 valence electrons. The molecule has 0 aliphatic carbocycles. The predicted molar refractivity (Wildman–Crippen MR) is 139 cm³/mol. The number of aliphatic hydroxyl groups is 2. The van der Waals surface area contributed by atoms with Crippen LogP contribution in [0.1, 0.15) is 25.3 Å². The standard InChI is InChI=1S/C20H26N12O8S/c21-19-26-15-13(17(35)28-19)23-5-31(15)11-1-7(10(4-33)40-11)30-41(37,38)25-3-9-8(34)2-12(39-9)32-6-24-14-16(32)27-20(22)29-18(14)36/h5-12,25,30,33-34H,1-4H2,(H3,21,26,28,35)(H3,22,27,29,36). The van der Waals surface area contributed by atoms with Gasteiger partial charge in [-0.15, -0.1) is 0 Å². The van der Waals surface area contributed by atoms with E-state index in [0.29, 0.717) is 0 Å². The number of fused-ring (bicyclic) bond motifs is 2. The number of anilines is 2. The minimum atomic E-state index is -4.18. The number of nitrogens with one attached hydrogen (secondary N) is 4. The van der Waals surface area contributed by atoms with Gasteiger partial charge in [-0.3, -0.25) is 28.7 Å². The van der Waals surface area contributed by atoms with Crippen molar-refractivity contribution in [2.75, 3.05) is 24.6 Å². The summed E-state index contributed by atoms with van der Waals surface area (Å²) in [5.74, 6) is -0.246. The van der Waals surface area contributed by atoms with Gasteiger partial charge in [-0.2, -0.15) is 27.8 Å².